The fourth-order valence-corrected chi connectivity index (χ4v) is 2.86. The average molecular weight is 337 g/mol. The van der Waals surface area contributed by atoms with Crippen LogP contribution in [0.5, 0.6) is 0 Å². The highest BCUT2D eigenvalue weighted by atomic mass is 79.9. The van der Waals surface area contributed by atoms with Crippen molar-refractivity contribution < 1.29 is 4.74 Å². The van der Waals surface area contributed by atoms with Crippen molar-refractivity contribution in [2.45, 2.75) is 6.10 Å². The number of nitrogens with one attached hydrogen (secondary N) is 1. The van der Waals surface area contributed by atoms with Crippen LogP contribution in [0.2, 0.25) is 0 Å². The van der Waals surface area contributed by atoms with Crippen molar-refractivity contribution in [3.05, 3.63) is 29.0 Å². The molecular formula is C14H17BrN4O. The molecule has 1 fully saturated rings. The summed E-state index contributed by atoms with van der Waals surface area (Å²) in [5.41, 5.74) is 0.923. The molecule has 1 N–H and O–H groups in total. The third-order valence-electron chi connectivity index (χ3n) is 3.45. The highest BCUT2D eigenvalue weighted by molar-refractivity contribution is 9.10. The van der Waals surface area contributed by atoms with Gasteiger partial charge in [-0.3, -0.25) is 0 Å². The zero-order chi connectivity index (χ0) is 13.9. The van der Waals surface area contributed by atoms with Gasteiger partial charge < -0.3 is 15.0 Å². The second-order valence-electron chi connectivity index (χ2n) is 4.99. The third kappa shape index (κ3) is 2.92. The monoisotopic (exact) mass is 336 g/mol. The molecular weight excluding hydrogens is 320 g/mol. The van der Waals surface area contributed by atoms with E-state index >= 15 is 0 Å². The number of nitrogens with zero attached hydrogens (tertiary/aromatic N) is 3. The van der Waals surface area contributed by atoms with Crippen LogP contribution in [0.25, 0.3) is 10.9 Å². The largest absolute Gasteiger partial charge is 0.374 e. The van der Waals surface area contributed by atoms with E-state index < -0.39 is 0 Å². The predicted molar refractivity (Wildman–Crippen MR) is 83.0 cm³/mol. The maximum Gasteiger partial charge on any atom is 0.137 e. The van der Waals surface area contributed by atoms with Gasteiger partial charge in [0.1, 0.15) is 12.1 Å². The number of hydrogen-bond acceptors (Lipinski definition) is 5. The molecule has 1 atom stereocenters. The average Bonchev–Trinajstić information content (AvgIpc) is 2.46. The molecule has 5 nitrogen and oxygen atoms in total. The Balaban J connectivity index is 1.76. The van der Waals surface area contributed by atoms with Crippen molar-refractivity contribution in [2.24, 2.45) is 0 Å². The second-order valence-corrected chi connectivity index (χ2v) is 5.85. The Hall–Kier alpha value is -1.24. The summed E-state index contributed by atoms with van der Waals surface area (Å²) in [6.07, 6.45) is 1.79. The molecule has 3 rings (SSSR count). The zero-order valence-electron chi connectivity index (χ0n) is 11.3. The van der Waals surface area contributed by atoms with Crippen LogP contribution in [-0.4, -0.2) is 54.3 Å². The summed E-state index contributed by atoms with van der Waals surface area (Å²) in [6, 6.07) is 6.00. The van der Waals surface area contributed by atoms with Gasteiger partial charge in [0.2, 0.25) is 0 Å². The van der Waals surface area contributed by atoms with Crippen LogP contribution in [0.4, 0.5) is 5.82 Å². The second kappa shape index (κ2) is 6.03. The molecule has 2 heterocycles. The number of hydrogen-bond donors (Lipinski definition) is 1. The van der Waals surface area contributed by atoms with E-state index in [2.05, 4.69) is 43.2 Å². The SMILES string of the molecule is CN1CCO[C@@H](CNc2ncnc3c(Br)cccc23)C1. The lowest BCUT2D eigenvalue weighted by atomic mass is 10.2. The first-order valence-electron chi connectivity index (χ1n) is 6.67. The van der Waals surface area contributed by atoms with E-state index in [-0.39, 0.29) is 6.10 Å². The maximum absolute atomic E-state index is 5.75. The van der Waals surface area contributed by atoms with Crippen molar-refractivity contribution in [1.82, 2.24) is 14.9 Å². The molecule has 0 aliphatic carbocycles. The van der Waals surface area contributed by atoms with Gasteiger partial charge in [-0.25, -0.2) is 9.97 Å². The van der Waals surface area contributed by atoms with Gasteiger partial charge in [-0.15, -0.1) is 0 Å². The summed E-state index contributed by atoms with van der Waals surface area (Å²) >= 11 is 3.52. The predicted octanol–water partition coefficient (Wildman–Crippen LogP) is 2.13. The molecule has 0 bridgehead atoms. The molecule has 1 aliphatic heterocycles. The minimum Gasteiger partial charge on any atom is -0.374 e. The number of fused-ring (bicyclic) bond motifs is 1. The third-order valence-corrected chi connectivity index (χ3v) is 4.09. The van der Waals surface area contributed by atoms with Gasteiger partial charge in [-0.05, 0) is 35.1 Å². The van der Waals surface area contributed by atoms with Crippen LogP contribution in [0, 0.1) is 0 Å². The van der Waals surface area contributed by atoms with Gasteiger partial charge >= 0.3 is 0 Å². The molecule has 20 heavy (non-hydrogen) atoms. The molecule has 2 aromatic rings. The van der Waals surface area contributed by atoms with Crippen LogP contribution in [0.3, 0.4) is 0 Å². The van der Waals surface area contributed by atoms with E-state index in [1.54, 1.807) is 6.33 Å². The first-order chi connectivity index (χ1) is 9.74. The summed E-state index contributed by atoms with van der Waals surface area (Å²) < 4.78 is 6.73. The summed E-state index contributed by atoms with van der Waals surface area (Å²) in [5, 5.41) is 4.40. The van der Waals surface area contributed by atoms with Crippen LogP contribution < -0.4 is 5.32 Å². The molecule has 0 saturated carbocycles. The van der Waals surface area contributed by atoms with Crippen LogP contribution >= 0.6 is 15.9 Å². The van der Waals surface area contributed by atoms with E-state index in [9.17, 15) is 0 Å². The smallest absolute Gasteiger partial charge is 0.137 e. The molecule has 1 aromatic heterocycles. The maximum atomic E-state index is 5.75. The Morgan fingerprint density at radius 3 is 3.20 bits per heavy atom. The molecule has 0 amide bonds. The number of morpholine rings is 1. The van der Waals surface area contributed by atoms with Gasteiger partial charge in [0.05, 0.1) is 18.2 Å². The molecule has 0 unspecified atom stereocenters. The van der Waals surface area contributed by atoms with E-state index in [0.717, 1.165) is 47.4 Å². The fraction of sp³-hybridized carbons (Fsp3) is 0.429. The molecule has 1 saturated heterocycles. The molecule has 0 spiro atoms. The first kappa shape index (κ1) is 13.7. The van der Waals surface area contributed by atoms with Gasteiger partial charge in [0.15, 0.2) is 0 Å². The van der Waals surface area contributed by atoms with E-state index in [0.29, 0.717) is 0 Å². The Bertz CT molecular complexity index is 607. The number of anilines is 1. The summed E-state index contributed by atoms with van der Waals surface area (Å²) in [4.78, 5) is 10.9. The van der Waals surface area contributed by atoms with Crippen LogP contribution in [0.1, 0.15) is 0 Å². The Kier molecular flexibility index (Phi) is 4.14. The van der Waals surface area contributed by atoms with Crippen molar-refractivity contribution in [3.8, 4) is 0 Å². The van der Waals surface area contributed by atoms with Gasteiger partial charge in [0, 0.05) is 29.5 Å². The van der Waals surface area contributed by atoms with Crippen molar-refractivity contribution in [3.63, 3.8) is 0 Å². The molecule has 1 aliphatic rings. The quantitative estimate of drug-likeness (QED) is 0.930. The molecule has 0 radical (unpaired) electrons. The Morgan fingerprint density at radius 1 is 1.45 bits per heavy atom. The number of halogens is 1. The topological polar surface area (TPSA) is 50.3 Å². The number of ether oxygens (including phenoxy) is 1. The van der Waals surface area contributed by atoms with Crippen LogP contribution in [-0.2, 0) is 4.74 Å². The summed E-state index contributed by atoms with van der Waals surface area (Å²) in [7, 11) is 2.12. The number of likely N-dealkylation sites (N-methyl/N-ethyl adjacent to an activating group) is 1. The van der Waals surface area contributed by atoms with Crippen molar-refractivity contribution >= 4 is 32.7 Å². The standard InChI is InChI=1S/C14H17BrN4O/c1-19-5-6-20-10(8-19)7-16-14-11-3-2-4-12(15)13(11)17-9-18-14/h2-4,9-10H,5-8H2,1H3,(H,16,17,18)/t10-/m0/s1. The molecule has 1 aromatic carbocycles. The van der Waals surface area contributed by atoms with Crippen molar-refractivity contribution in [2.75, 3.05) is 38.6 Å². The van der Waals surface area contributed by atoms with Gasteiger partial charge in [0.25, 0.3) is 0 Å². The van der Waals surface area contributed by atoms with Crippen molar-refractivity contribution in [1.29, 1.82) is 0 Å². The number of aromatic nitrogens is 2. The fourth-order valence-electron chi connectivity index (χ4n) is 2.39. The summed E-state index contributed by atoms with van der Waals surface area (Å²) in [6.45, 7) is 3.49. The number of para-hydroxylation sites is 1. The van der Waals surface area contributed by atoms with E-state index in [1.165, 1.54) is 0 Å². The minimum absolute atomic E-state index is 0.200. The molecule has 6 heteroatoms. The van der Waals surface area contributed by atoms with E-state index in [4.69, 9.17) is 4.74 Å². The highest BCUT2D eigenvalue weighted by Gasteiger charge is 2.17. The summed E-state index contributed by atoms with van der Waals surface area (Å²) in [5.74, 6) is 0.855. The Morgan fingerprint density at radius 2 is 2.35 bits per heavy atom. The number of rotatable bonds is 3. The first-order valence-corrected chi connectivity index (χ1v) is 7.46. The highest BCUT2D eigenvalue weighted by Crippen LogP contribution is 2.25. The Labute approximate surface area is 126 Å². The van der Waals surface area contributed by atoms with Crippen LogP contribution in [0.15, 0.2) is 29.0 Å². The lowest BCUT2D eigenvalue weighted by molar-refractivity contribution is -0.0117. The normalized spacial score (nSPS) is 20.2. The lowest BCUT2D eigenvalue weighted by Gasteiger charge is -2.30. The van der Waals surface area contributed by atoms with Gasteiger partial charge in [-0.1, -0.05) is 6.07 Å². The number of benzene rings is 1. The lowest BCUT2D eigenvalue weighted by Crippen LogP contribution is -2.43. The molecule has 106 valence electrons. The van der Waals surface area contributed by atoms with E-state index in [1.807, 2.05) is 18.2 Å². The van der Waals surface area contributed by atoms with Gasteiger partial charge in [-0.2, -0.15) is 0 Å². The minimum atomic E-state index is 0.200. The zero-order valence-corrected chi connectivity index (χ0v) is 12.9.